The Bertz CT molecular complexity index is 453. The molecule has 0 aliphatic carbocycles. The predicted molar refractivity (Wildman–Crippen MR) is 72.9 cm³/mol. The lowest BCUT2D eigenvalue weighted by Gasteiger charge is -2.35. The zero-order valence-corrected chi connectivity index (χ0v) is 12.2. The second-order valence-electron chi connectivity index (χ2n) is 5.26. The van der Waals surface area contributed by atoms with Crippen LogP contribution in [0, 0.1) is 17.7 Å². The monoisotopic (exact) mass is 313 g/mol. The van der Waals surface area contributed by atoms with Gasteiger partial charge in [-0.05, 0) is 46.3 Å². The molecule has 98 valence electrons. The highest BCUT2D eigenvalue weighted by Gasteiger charge is 2.27. The van der Waals surface area contributed by atoms with Crippen LogP contribution in [0.1, 0.15) is 30.6 Å². The second-order valence-corrected chi connectivity index (χ2v) is 6.11. The first-order valence-corrected chi connectivity index (χ1v) is 7.01. The number of likely N-dealkylation sites (tertiary alicyclic amines) is 1. The molecule has 0 saturated carbocycles. The van der Waals surface area contributed by atoms with Crippen molar-refractivity contribution < 1.29 is 9.18 Å². The SMILES string of the molecule is CC1CC(C)CN(C(=O)c2cccc(Br)c2F)C1. The Morgan fingerprint density at radius 1 is 1.33 bits per heavy atom. The van der Waals surface area contributed by atoms with Gasteiger partial charge in [0.2, 0.25) is 0 Å². The number of carbonyl (C=O) groups is 1. The second kappa shape index (κ2) is 5.39. The highest BCUT2D eigenvalue weighted by atomic mass is 79.9. The summed E-state index contributed by atoms with van der Waals surface area (Å²) in [6, 6.07) is 4.84. The standard InChI is InChI=1S/C14H17BrFNO/c1-9-6-10(2)8-17(7-9)14(18)11-4-3-5-12(15)13(11)16/h3-5,9-10H,6-8H2,1-2H3. The fourth-order valence-electron chi connectivity index (χ4n) is 2.67. The number of carbonyl (C=O) groups excluding carboxylic acids is 1. The van der Waals surface area contributed by atoms with Gasteiger partial charge >= 0.3 is 0 Å². The van der Waals surface area contributed by atoms with E-state index in [0.717, 1.165) is 19.5 Å². The van der Waals surface area contributed by atoms with Gasteiger partial charge in [-0.25, -0.2) is 4.39 Å². The van der Waals surface area contributed by atoms with Gasteiger partial charge < -0.3 is 4.90 Å². The molecule has 1 fully saturated rings. The number of nitrogens with zero attached hydrogens (tertiary/aromatic N) is 1. The average Bonchev–Trinajstić information content (AvgIpc) is 2.30. The van der Waals surface area contributed by atoms with Gasteiger partial charge in [0, 0.05) is 13.1 Å². The van der Waals surface area contributed by atoms with Crippen molar-refractivity contribution in [2.24, 2.45) is 11.8 Å². The van der Waals surface area contributed by atoms with E-state index in [0.29, 0.717) is 16.3 Å². The number of amides is 1. The van der Waals surface area contributed by atoms with E-state index in [1.54, 1.807) is 23.1 Å². The molecule has 2 unspecified atom stereocenters. The molecule has 2 nitrogen and oxygen atoms in total. The maximum Gasteiger partial charge on any atom is 0.256 e. The molecule has 2 atom stereocenters. The number of benzene rings is 1. The van der Waals surface area contributed by atoms with E-state index in [-0.39, 0.29) is 11.5 Å². The van der Waals surface area contributed by atoms with E-state index >= 15 is 0 Å². The van der Waals surface area contributed by atoms with Crippen molar-refractivity contribution in [1.29, 1.82) is 0 Å². The van der Waals surface area contributed by atoms with Crippen LogP contribution in [0.2, 0.25) is 0 Å². The van der Waals surface area contributed by atoms with Crippen LogP contribution in [0.4, 0.5) is 4.39 Å². The summed E-state index contributed by atoms with van der Waals surface area (Å²) in [5.41, 5.74) is 0.158. The van der Waals surface area contributed by atoms with Crippen LogP contribution in [-0.2, 0) is 0 Å². The van der Waals surface area contributed by atoms with Crippen molar-refractivity contribution in [3.8, 4) is 0 Å². The van der Waals surface area contributed by atoms with E-state index in [2.05, 4.69) is 29.8 Å². The number of hydrogen-bond donors (Lipinski definition) is 0. The van der Waals surface area contributed by atoms with E-state index in [1.807, 2.05) is 0 Å². The largest absolute Gasteiger partial charge is 0.338 e. The maximum atomic E-state index is 13.9. The molecule has 1 aliphatic heterocycles. The van der Waals surface area contributed by atoms with Crippen LogP contribution in [-0.4, -0.2) is 23.9 Å². The summed E-state index contributed by atoms with van der Waals surface area (Å²) < 4.78 is 14.2. The molecule has 1 aliphatic rings. The highest BCUT2D eigenvalue weighted by Crippen LogP contribution is 2.25. The topological polar surface area (TPSA) is 20.3 Å². The fourth-order valence-corrected chi connectivity index (χ4v) is 3.03. The van der Waals surface area contributed by atoms with Gasteiger partial charge in [-0.15, -0.1) is 0 Å². The molecule has 1 aromatic rings. The molecule has 1 heterocycles. The molecule has 4 heteroatoms. The lowest BCUT2D eigenvalue weighted by Crippen LogP contribution is -2.42. The van der Waals surface area contributed by atoms with Crippen LogP contribution in [0.5, 0.6) is 0 Å². The van der Waals surface area contributed by atoms with Crippen molar-refractivity contribution >= 4 is 21.8 Å². The van der Waals surface area contributed by atoms with Gasteiger partial charge in [0.1, 0.15) is 5.82 Å². The van der Waals surface area contributed by atoms with E-state index in [9.17, 15) is 9.18 Å². The Labute approximate surface area is 115 Å². The molecule has 0 bridgehead atoms. The zero-order valence-electron chi connectivity index (χ0n) is 10.6. The summed E-state index contributed by atoms with van der Waals surface area (Å²) in [7, 11) is 0. The van der Waals surface area contributed by atoms with Gasteiger partial charge in [0.15, 0.2) is 0 Å². The van der Waals surface area contributed by atoms with Gasteiger partial charge in [-0.2, -0.15) is 0 Å². The Balaban J connectivity index is 2.23. The van der Waals surface area contributed by atoms with Crippen LogP contribution >= 0.6 is 15.9 Å². The Morgan fingerprint density at radius 2 is 1.94 bits per heavy atom. The fraction of sp³-hybridized carbons (Fsp3) is 0.500. The predicted octanol–water partition coefficient (Wildman–Crippen LogP) is 3.71. The third-order valence-corrected chi connectivity index (χ3v) is 3.95. The first-order valence-electron chi connectivity index (χ1n) is 6.22. The molecule has 0 radical (unpaired) electrons. The third kappa shape index (κ3) is 2.74. The normalized spacial score (nSPS) is 24.1. The Kier molecular flexibility index (Phi) is 4.05. The molecular formula is C14H17BrFNO. The number of piperidine rings is 1. The van der Waals surface area contributed by atoms with Crippen molar-refractivity contribution in [3.05, 3.63) is 34.1 Å². The molecular weight excluding hydrogens is 297 g/mol. The molecule has 1 saturated heterocycles. The molecule has 1 aromatic carbocycles. The van der Waals surface area contributed by atoms with Crippen molar-refractivity contribution in [2.75, 3.05) is 13.1 Å². The summed E-state index contributed by atoms with van der Waals surface area (Å²) >= 11 is 3.12. The first kappa shape index (κ1) is 13.5. The maximum absolute atomic E-state index is 13.9. The zero-order chi connectivity index (χ0) is 13.3. The number of halogens is 2. The molecule has 0 spiro atoms. The summed E-state index contributed by atoms with van der Waals surface area (Å²) in [6.07, 6.45) is 1.13. The third-order valence-electron chi connectivity index (χ3n) is 3.34. The van der Waals surface area contributed by atoms with Crippen LogP contribution < -0.4 is 0 Å². The average molecular weight is 314 g/mol. The Morgan fingerprint density at radius 3 is 2.56 bits per heavy atom. The Hall–Kier alpha value is -0.900. The summed E-state index contributed by atoms with van der Waals surface area (Å²) in [4.78, 5) is 14.1. The minimum absolute atomic E-state index is 0.158. The van der Waals surface area contributed by atoms with Gasteiger partial charge in [0.25, 0.3) is 5.91 Å². The molecule has 0 aromatic heterocycles. The lowest BCUT2D eigenvalue weighted by atomic mass is 9.91. The summed E-state index contributed by atoms with van der Waals surface area (Å²) in [6.45, 7) is 5.70. The van der Waals surface area contributed by atoms with Crippen LogP contribution in [0.3, 0.4) is 0 Å². The quantitative estimate of drug-likeness (QED) is 0.774. The van der Waals surface area contributed by atoms with Crippen LogP contribution in [0.25, 0.3) is 0 Å². The smallest absolute Gasteiger partial charge is 0.256 e. The number of hydrogen-bond acceptors (Lipinski definition) is 1. The molecule has 1 amide bonds. The number of rotatable bonds is 1. The van der Waals surface area contributed by atoms with E-state index < -0.39 is 5.82 Å². The van der Waals surface area contributed by atoms with Gasteiger partial charge in [-0.1, -0.05) is 19.9 Å². The van der Waals surface area contributed by atoms with E-state index in [1.165, 1.54) is 0 Å². The molecule has 18 heavy (non-hydrogen) atoms. The van der Waals surface area contributed by atoms with Crippen molar-refractivity contribution in [1.82, 2.24) is 4.90 Å². The summed E-state index contributed by atoms with van der Waals surface area (Å²) in [5, 5.41) is 0. The summed E-state index contributed by atoms with van der Waals surface area (Å²) in [5.74, 6) is 0.293. The van der Waals surface area contributed by atoms with Gasteiger partial charge in [0.05, 0.1) is 10.0 Å². The first-order chi connectivity index (χ1) is 8.49. The van der Waals surface area contributed by atoms with Crippen molar-refractivity contribution in [3.63, 3.8) is 0 Å². The van der Waals surface area contributed by atoms with Crippen LogP contribution in [0.15, 0.2) is 22.7 Å². The minimum atomic E-state index is -0.464. The lowest BCUT2D eigenvalue weighted by molar-refractivity contribution is 0.0618. The molecule has 2 rings (SSSR count). The molecule has 0 N–H and O–H groups in total. The minimum Gasteiger partial charge on any atom is -0.338 e. The van der Waals surface area contributed by atoms with Gasteiger partial charge in [-0.3, -0.25) is 4.79 Å². The van der Waals surface area contributed by atoms with Crippen molar-refractivity contribution in [2.45, 2.75) is 20.3 Å². The van der Waals surface area contributed by atoms with E-state index in [4.69, 9.17) is 0 Å². The highest BCUT2D eigenvalue weighted by molar-refractivity contribution is 9.10.